The van der Waals surface area contributed by atoms with E-state index in [1.807, 2.05) is 12.1 Å². The van der Waals surface area contributed by atoms with Crippen LogP contribution in [0, 0.1) is 11.8 Å². The first-order valence-electron chi connectivity index (χ1n) is 9.99. The fourth-order valence-electron chi connectivity index (χ4n) is 5.14. The quantitative estimate of drug-likeness (QED) is 0.740. The average Bonchev–Trinajstić information content (AvgIpc) is 3.13. The van der Waals surface area contributed by atoms with E-state index in [-0.39, 0.29) is 5.92 Å². The van der Waals surface area contributed by atoms with Gasteiger partial charge < -0.3 is 0 Å². The smallest absolute Gasteiger partial charge is 0.141 e. The summed E-state index contributed by atoms with van der Waals surface area (Å²) in [4.78, 5) is 12.8. The molecule has 1 aliphatic carbocycles. The van der Waals surface area contributed by atoms with Crippen molar-refractivity contribution in [2.45, 2.75) is 57.4 Å². The summed E-state index contributed by atoms with van der Waals surface area (Å²) in [5.74, 6) is 1.54. The third kappa shape index (κ3) is 4.01. The molecule has 0 amide bonds. The minimum absolute atomic E-state index is 0.215. The van der Waals surface area contributed by atoms with Crippen LogP contribution < -0.4 is 0 Å². The minimum Gasteiger partial charge on any atom is -0.299 e. The first-order chi connectivity index (χ1) is 12.2. The molecule has 0 bridgehead atoms. The Labute approximate surface area is 159 Å². The molecule has 3 aliphatic rings. The van der Waals surface area contributed by atoms with Gasteiger partial charge in [-0.2, -0.15) is 0 Å². The zero-order valence-corrected chi connectivity index (χ0v) is 16.6. The molecule has 25 heavy (non-hydrogen) atoms. The van der Waals surface area contributed by atoms with E-state index in [0.29, 0.717) is 12.2 Å². The van der Waals surface area contributed by atoms with Crippen molar-refractivity contribution in [1.82, 2.24) is 10.0 Å². The van der Waals surface area contributed by atoms with E-state index in [1.54, 1.807) is 0 Å². The lowest BCUT2D eigenvalue weighted by Crippen LogP contribution is -2.54. The van der Waals surface area contributed by atoms with E-state index in [1.165, 1.54) is 45.1 Å². The molecular formula is C21H29BrN2O. The molecule has 1 aromatic rings. The standard InChI is InChI=1S/C21H29BrN2O/c22-19-9-7-16(8-10-19)14-21(25)18-11-13-23(15-18)24-12-3-5-17-4-1-2-6-20(17)24/h7-10,17-18,20H,1-6,11-15H2. The normalized spacial score (nSPS) is 31.0. The molecule has 3 unspecified atom stereocenters. The topological polar surface area (TPSA) is 23.6 Å². The van der Waals surface area contributed by atoms with Gasteiger partial charge in [0.25, 0.3) is 0 Å². The molecule has 4 heteroatoms. The zero-order valence-electron chi connectivity index (χ0n) is 15.0. The summed E-state index contributed by atoms with van der Waals surface area (Å²) in [5.41, 5.74) is 1.14. The van der Waals surface area contributed by atoms with Crippen molar-refractivity contribution >= 4 is 21.7 Å². The van der Waals surface area contributed by atoms with E-state index in [0.717, 1.165) is 41.5 Å². The molecule has 1 saturated carbocycles. The molecule has 0 radical (unpaired) electrons. The highest BCUT2D eigenvalue weighted by Gasteiger charge is 2.39. The summed E-state index contributed by atoms with van der Waals surface area (Å²) in [6.45, 7) is 3.22. The summed E-state index contributed by atoms with van der Waals surface area (Å²) < 4.78 is 1.07. The number of hydrogen-bond donors (Lipinski definition) is 0. The number of benzene rings is 1. The summed E-state index contributed by atoms with van der Waals surface area (Å²) in [7, 11) is 0. The van der Waals surface area contributed by atoms with Crippen LogP contribution in [0.3, 0.4) is 0 Å². The molecule has 2 heterocycles. The van der Waals surface area contributed by atoms with Crippen LogP contribution in [0.15, 0.2) is 28.7 Å². The van der Waals surface area contributed by atoms with Crippen molar-refractivity contribution in [3.05, 3.63) is 34.3 Å². The van der Waals surface area contributed by atoms with Gasteiger partial charge >= 0.3 is 0 Å². The summed E-state index contributed by atoms with van der Waals surface area (Å²) in [6, 6.07) is 8.93. The molecule has 3 nitrogen and oxygen atoms in total. The largest absolute Gasteiger partial charge is 0.299 e. The number of Topliss-reactive ketones (excluding diaryl/α,β-unsaturated/α-hetero) is 1. The van der Waals surface area contributed by atoms with Gasteiger partial charge in [0.15, 0.2) is 0 Å². The maximum Gasteiger partial charge on any atom is 0.141 e. The molecule has 4 rings (SSSR count). The number of rotatable bonds is 4. The van der Waals surface area contributed by atoms with Gasteiger partial charge in [-0.3, -0.25) is 4.79 Å². The fourth-order valence-corrected chi connectivity index (χ4v) is 5.40. The Hall–Kier alpha value is -0.710. The number of hydrogen-bond acceptors (Lipinski definition) is 3. The van der Waals surface area contributed by atoms with Gasteiger partial charge in [-0.15, -0.1) is 0 Å². The highest BCUT2D eigenvalue weighted by atomic mass is 79.9. The highest BCUT2D eigenvalue weighted by Crippen LogP contribution is 2.37. The molecule has 2 saturated heterocycles. The second-order valence-electron chi connectivity index (χ2n) is 8.08. The predicted molar refractivity (Wildman–Crippen MR) is 104 cm³/mol. The van der Waals surface area contributed by atoms with Crippen LogP contribution in [0.25, 0.3) is 0 Å². The number of fused-ring (bicyclic) bond motifs is 1. The second kappa shape index (κ2) is 7.89. The molecule has 3 atom stereocenters. The lowest BCUT2D eigenvalue weighted by molar-refractivity contribution is -0.124. The first kappa shape index (κ1) is 17.7. The van der Waals surface area contributed by atoms with Crippen LogP contribution in [0.1, 0.15) is 50.5 Å². The van der Waals surface area contributed by atoms with E-state index in [4.69, 9.17) is 0 Å². The SMILES string of the molecule is O=C(Cc1ccc(Br)cc1)C1CCN(N2CCCC3CCCCC32)C1. The Bertz CT molecular complexity index is 600. The van der Waals surface area contributed by atoms with Crippen LogP contribution in [-0.4, -0.2) is 41.5 Å². The van der Waals surface area contributed by atoms with Crippen LogP contribution in [0.5, 0.6) is 0 Å². The molecule has 0 spiro atoms. The third-order valence-corrected chi connectivity index (χ3v) is 7.02. The number of carbonyl (C=O) groups excluding carboxylic acids is 1. The van der Waals surface area contributed by atoms with Gasteiger partial charge in [0, 0.05) is 42.5 Å². The van der Waals surface area contributed by atoms with E-state index >= 15 is 0 Å². The lowest BCUT2D eigenvalue weighted by atomic mass is 9.79. The Kier molecular flexibility index (Phi) is 5.59. The number of hydrazine groups is 1. The van der Waals surface area contributed by atoms with Crippen LogP contribution in [0.2, 0.25) is 0 Å². The fraction of sp³-hybridized carbons (Fsp3) is 0.667. The van der Waals surface area contributed by atoms with Gasteiger partial charge in [-0.1, -0.05) is 40.9 Å². The monoisotopic (exact) mass is 404 g/mol. The summed E-state index contributed by atoms with van der Waals surface area (Å²) in [6.07, 6.45) is 9.94. The third-order valence-electron chi connectivity index (χ3n) is 6.49. The Morgan fingerprint density at radius 2 is 1.76 bits per heavy atom. The zero-order chi connectivity index (χ0) is 17.2. The van der Waals surface area contributed by atoms with Gasteiger partial charge in [-0.25, -0.2) is 10.0 Å². The van der Waals surface area contributed by atoms with Crippen molar-refractivity contribution < 1.29 is 4.79 Å². The van der Waals surface area contributed by atoms with Gasteiger partial charge in [0.2, 0.25) is 0 Å². The van der Waals surface area contributed by atoms with Crippen molar-refractivity contribution in [2.75, 3.05) is 19.6 Å². The number of halogens is 1. The number of piperidine rings is 1. The summed E-state index contributed by atoms with van der Waals surface area (Å²) in [5, 5.41) is 5.20. The lowest BCUT2D eigenvalue weighted by Gasteiger charge is -2.47. The van der Waals surface area contributed by atoms with Crippen molar-refractivity contribution in [3.63, 3.8) is 0 Å². The molecule has 0 aromatic heterocycles. The van der Waals surface area contributed by atoms with Crippen LogP contribution in [-0.2, 0) is 11.2 Å². The predicted octanol–water partition coefficient (Wildman–Crippen LogP) is 4.45. The van der Waals surface area contributed by atoms with Gasteiger partial charge in [0.05, 0.1) is 0 Å². The van der Waals surface area contributed by atoms with Gasteiger partial charge in [0.1, 0.15) is 5.78 Å². The average molecular weight is 405 g/mol. The van der Waals surface area contributed by atoms with Crippen molar-refractivity contribution in [3.8, 4) is 0 Å². The first-order valence-corrected chi connectivity index (χ1v) is 10.8. The summed E-state index contributed by atoms with van der Waals surface area (Å²) >= 11 is 3.46. The molecule has 3 fully saturated rings. The van der Waals surface area contributed by atoms with Gasteiger partial charge in [-0.05, 0) is 55.7 Å². The maximum absolute atomic E-state index is 12.8. The van der Waals surface area contributed by atoms with Crippen LogP contribution in [0.4, 0.5) is 0 Å². The van der Waals surface area contributed by atoms with E-state index < -0.39 is 0 Å². The Morgan fingerprint density at radius 1 is 1.00 bits per heavy atom. The Morgan fingerprint density at radius 3 is 2.60 bits per heavy atom. The number of nitrogens with zero attached hydrogens (tertiary/aromatic N) is 2. The van der Waals surface area contributed by atoms with E-state index in [2.05, 4.69) is 38.1 Å². The molecule has 1 aromatic carbocycles. The molecular weight excluding hydrogens is 376 g/mol. The molecule has 136 valence electrons. The maximum atomic E-state index is 12.8. The van der Waals surface area contributed by atoms with Crippen molar-refractivity contribution in [2.24, 2.45) is 11.8 Å². The second-order valence-corrected chi connectivity index (χ2v) is 9.00. The van der Waals surface area contributed by atoms with E-state index in [9.17, 15) is 4.79 Å². The molecule has 2 aliphatic heterocycles. The van der Waals surface area contributed by atoms with Crippen LogP contribution >= 0.6 is 15.9 Å². The highest BCUT2D eigenvalue weighted by molar-refractivity contribution is 9.10. The molecule has 0 N–H and O–H groups in total. The van der Waals surface area contributed by atoms with Crippen molar-refractivity contribution in [1.29, 1.82) is 0 Å². The number of ketones is 1. The Balaban J connectivity index is 1.35. The minimum atomic E-state index is 0.215. The number of carbonyl (C=O) groups is 1.